The number of esters is 1. The molecule has 0 saturated heterocycles. The minimum Gasteiger partial charge on any atom is -0.467 e. The average molecular weight is 337 g/mol. The number of nitrogen functional groups attached to an aromatic ring is 1. The summed E-state index contributed by atoms with van der Waals surface area (Å²) < 4.78 is 4.69. The molecule has 9 heteroatoms. The number of anilines is 1. The fraction of sp³-hybridized carbons (Fsp3) is 0.500. The van der Waals surface area contributed by atoms with Crippen molar-refractivity contribution in [1.82, 2.24) is 15.3 Å². The maximum absolute atomic E-state index is 12.0. The van der Waals surface area contributed by atoms with Crippen LogP contribution in [0, 0.1) is 17.2 Å². The molecular weight excluding hydrogens is 318 g/mol. The summed E-state index contributed by atoms with van der Waals surface area (Å²) in [6.07, 6.45) is 1.79. The number of rotatable bonds is 7. The molecule has 0 spiro atoms. The normalized spacial score (nSPS) is 11.6. The molecule has 1 rings (SSSR count). The second-order valence-electron chi connectivity index (χ2n) is 5.12. The Bertz CT molecular complexity index is 615. The molecule has 0 aliphatic rings. The zero-order chi connectivity index (χ0) is 17.4. The first kappa shape index (κ1) is 18.7. The van der Waals surface area contributed by atoms with E-state index in [-0.39, 0.29) is 34.1 Å². The van der Waals surface area contributed by atoms with Crippen LogP contribution in [-0.2, 0) is 14.3 Å². The Kier molecular flexibility index (Phi) is 7.28. The van der Waals surface area contributed by atoms with Crippen LogP contribution in [0.4, 0.5) is 5.82 Å². The van der Waals surface area contributed by atoms with Crippen LogP contribution in [0.2, 0.25) is 0 Å². The molecule has 0 fully saturated rings. The van der Waals surface area contributed by atoms with Gasteiger partial charge in [-0.05, 0) is 12.3 Å². The molecule has 1 amide bonds. The van der Waals surface area contributed by atoms with Gasteiger partial charge in [0, 0.05) is 0 Å². The molecule has 1 atom stereocenters. The Morgan fingerprint density at radius 3 is 2.74 bits per heavy atom. The number of hydrogen-bond donors (Lipinski definition) is 2. The maximum atomic E-state index is 12.0. The van der Waals surface area contributed by atoms with Gasteiger partial charge in [0.1, 0.15) is 23.5 Å². The summed E-state index contributed by atoms with van der Waals surface area (Å²) in [5.41, 5.74) is 5.76. The van der Waals surface area contributed by atoms with Crippen LogP contribution < -0.4 is 11.1 Å². The van der Waals surface area contributed by atoms with Crippen LogP contribution in [0.3, 0.4) is 0 Å². The molecule has 0 aliphatic carbocycles. The number of nitrogens with zero attached hydrogens (tertiary/aromatic N) is 3. The lowest BCUT2D eigenvalue weighted by Gasteiger charge is -2.18. The highest BCUT2D eigenvalue weighted by Crippen LogP contribution is 2.16. The fourth-order valence-electron chi connectivity index (χ4n) is 1.73. The highest BCUT2D eigenvalue weighted by molar-refractivity contribution is 7.99. The molecule has 0 aliphatic heterocycles. The van der Waals surface area contributed by atoms with Crippen LogP contribution in [0.15, 0.2) is 11.4 Å². The van der Waals surface area contributed by atoms with Crippen molar-refractivity contribution in [2.45, 2.75) is 31.5 Å². The van der Waals surface area contributed by atoms with Crippen LogP contribution in [0.25, 0.3) is 0 Å². The molecule has 0 bridgehead atoms. The predicted molar refractivity (Wildman–Crippen MR) is 85.3 cm³/mol. The van der Waals surface area contributed by atoms with Gasteiger partial charge >= 0.3 is 5.97 Å². The van der Waals surface area contributed by atoms with Crippen molar-refractivity contribution in [3.63, 3.8) is 0 Å². The van der Waals surface area contributed by atoms with Gasteiger partial charge in [-0.2, -0.15) is 5.26 Å². The molecule has 0 radical (unpaired) electrons. The average Bonchev–Trinajstić information content (AvgIpc) is 2.51. The molecule has 0 aromatic carbocycles. The van der Waals surface area contributed by atoms with E-state index in [4.69, 9.17) is 11.0 Å². The van der Waals surface area contributed by atoms with E-state index in [2.05, 4.69) is 20.0 Å². The fourth-order valence-corrected chi connectivity index (χ4v) is 2.36. The molecule has 1 unspecified atom stereocenters. The lowest BCUT2D eigenvalue weighted by atomic mass is 10.0. The summed E-state index contributed by atoms with van der Waals surface area (Å²) in [4.78, 5) is 31.5. The SMILES string of the molecule is COC(=O)C(CC(C)C)NC(=O)CSc1ncc(C#N)c(N)n1. The van der Waals surface area contributed by atoms with Crippen molar-refractivity contribution in [2.75, 3.05) is 18.6 Å². The molecule has 1 aromatic rings. The molecule has 8 nitrogen and oxygen atoms in total. The van der Waals surface area contributed by atoms with Crippen molar-refractivity contribution in [1.29, 1.82) is 5.26 Å². The third kappa shape index (κ3) is 6.12. The van der Waals surface area contributed by atoms with Gasteiger partial charge in [0.2, 0.25) is 5.91 Å². The van der Waals surface area contributed by atoms with E-state index in [9.17, 15) is 9.59 Å². The summed E-state index contributed by atoms with van der Waals surface area (Å²) in [5, 5.41) is 11.7. The van der Waals surface area contributed by atoms with Crippen molar-refractivity contribution >= 4 is 29.5 Å². The molecule has 1 aromatic heterocycles. The van der Waals surface area contributed by atoms with E-state index in [0.717, 1.165) is 11.8 Å². The Labute approximate surface area is 138 Å². The number of nitrogens with one attached hydrogen (secondary N) is 1. The summed E-state index contributed by atoms with van der Waals surface area (Å²) in [6.45, 7) is 3.90. The second kappa shape index (κ2) is 8.95. The van der Waals surface area contributed by atoms with Gasteiger partial charge in [0.25, 0.3) is 0 Å². The number of nitrogens with two attached hydrogens (primary N) is 1. The summed E-state index contributed by atoms with van der Waals surface area (Å²) in [6, 6.07) is 1.18. The molecule has 0 saturated carbocycles. The predicted octanol–water partition coefficient (Wildman–Crippen LogP) is 0.726. The van der Waals surface area contributed by atoms with Crippen LogP contribution in [0.5, 0.6) is 0 Å². The summed E-state index contributed by atoms with van der Waals surface area (Å²) in [7, 11) is 1.28. The Morgan fingerprint density at radius 2 is 2.22 bits per heavy atom. The number of amides is 1. The molecule has 1 heterocycles. The van der Waals surface area contributed by atoms with Gasteiger partial charge in [-0.1, -0.05) is 25.6 Å². The highest BCUT2D eigenvalue weighted by Gasteiger charge is 2.22. The maximum Gasteiger partial charge on any atom is 0.328 e. The number of carbonyl (C=O) groups is 2. The van der Waals surface area contributed by atoms with Crippen LogP contribution >= 0.6 is 11.8 Å². The Morgan fingerprint density at radius 1 is 1.52 bits per heavy atom. The number of carbonyl (C=O) groups excluding carboxylic acids is 2. The van der Waals surface area contributed by atoms with E-state index >= 15 is 0 Å². The minimum absolute atomic E-state index is 0.0247. The van der Waals surface area contributed by atoms with Crippen LogP contribution in [-0.4, -0.2) is 40.7 Å². The largest absolute Gasteiger partial charge is 0.467 e. The van der Waals surface area contributed by atoms with Gasteiger partial charge < -0.3 is 15.8 Å². The number of aromatic nitrogens is 2. The quantitative estimate of drug-likeness (QED) is 0.423. The molecule has 23 heavy (non-hydrogen) atoms. The molecule has 3 N–H and O–H groups in total. The van der Waals surface area contributed by atoms with E-state index in [0.29, 0.717) is 6.42 Å². The number of methoxy groups -OCH3 is 1. The number of ether oxygens (including phenoxy) is 1. The highest BCUT2D eigenvalue weighted by atomic mass is 32.2. The molecular formula is C14H19N5O3S. The monoisotopic (exact) mass is 337 g/mol. The van der Waals surface area contributed by atoms with Crippen molar-refractivity contribution in [3.8, 4) is 6.07 Å². The van der Waals surface area contributed by atoms with Gasteiger partial charge in [-0.15, -0.1) is 0 Å². The van der Waals surface area contributed by atoms with Crippen molar-refractivity contribution < 1.29 is 14.3 Å². The third-order valence-corrected chi connectivity index (χ3v) is 3.64. The van der Waals surface area contributed by atoms with E-state index in [1.165, 1.54) is 13.3 Å². The lowest BCUT2D eigenvalue weighted by molar-refractivity contribution is -0.145. The summed E-state index contributed by atoms with van der Waals surface area (Å²) >= 11 is 1.07. The zero-order valence-electron chi connectivity index (χ0n) is 13.2. The van der Waals surface area contributed by atoms with Gasteiger partial charge in [-0.3, -0.25) is 4.79 Å². The van der Waals surface area contributed by atoms with Gasteiger partial charge in [0.05, 0.1) is 19.1 Å². The number of hydrogen-bond acceptors (Lipinski definition) is 8. The minimum atomic E-state index is -0.681. The van der Waals surface area contributed by atoms with E-state index < -0.39 is 12.0 Å². The van der Waals surface area contributed by atoms with Crippen LogP contribution in [0.1, 0.15) is 25.8 Å². The smallest absolute Gasteiger partial charge is 0.328 e. The second-order valence-corrected chi connectivity index (χ2v) is 6.07. The summed E-state index contributed by atoms with van der Waals surface area (Å²) in [5.74, 6) is -0.489. The van der Waals surface area contributed by atoms with Crippen molar-refractivity contribution in [3.05, 3.63) is 11.8 Å². The van der Waals surface area contributed by atoms with E-state index in [1.807, 2.05) is 19.9 Å². The van der Waals surface area contributed by atoms with Crippen molar-refractivity contribution in [2.24, 2.45) is 5.92 Å². The first-order chi connectivity index (χ1) is 10.9. The number of thioether (sulfide) groups is 1. The van der Waals surface area contributed by atoms with E-state index in [1.54, 1.807) is 0 Å². The van der Waals surface area contributed by atoms with Gasteiger partial charge in [0.15, 0.2) is 5.16 Å². The first-order valence-corrected chi connectivity index (χ1v) is 7.88. The number of nitriles is 1. The third-order valence-electron chi connectivity index (χ3n) is 2.78. The Hall–Kier alpha value is -2.34. The Balaban J connectivity index is 2.60. The topological polar surface area (TPSA) is 131 Å². The standard InChI is InChI=1S/C14H19N5O3S/c1-8(2)4-10(13(21)22-3)18-11(20)7-23-14-17-6-9(5-15)12(16)19-14/h6,8,10H,4,7H2,1-3H3,(H,18,20)(H2,16,17,19). The molecule has 124 valence electrons. The van der Waals surface area contributed by atoms with Gasteiger partial charge in [-0.25, -0.2) is 14.8 Å². The lowest BCUT2D eigenvalue weighted by Crippen LogP contribution is -2.43. The zero-order valence-corrected chi connectivity index (χ0v) is 14.0. The first-order valence-electron chi connectivity index (χ1n) is 6.90.